The number of hydrogen-bond donors (Lipinski definition) is 2. The molecular weight excluding hydrogens is 512 g/mol. The number of halogens is 1. The van der Waals surface area contributed by atoms with Crippen molar-refractivity contribution in [2.45, 2.75) is 52.6 Å². The molecule has 0 radical (unpaired) electrons. The Hall–Kier alpha value is -3.36. The monoisotopic (exact) mass is 540 g/mol. The van der Waals surface area contributed by atoms with Crippen molar-refractivity contribution in [3.63, 3.8) is 0 Å². The number of thiophene rings is 1. The number of hydrogen-bond acceptors (Lipinski definition) is 6. The fourth-order valence-electron chi connectivity index (χ4n) is 4.11. The molecule has 0 saturated carbocycles. The van der Waals surface area contributed by atoms with E-state index in [1.807, 2.05) is 13.0 Å². The van der Waals surface area contributed by atoms with Crippen LogP contribution in [-0.2, 0) is 22.4 Å². The van der Waals surface area contributed by atoms with Crippen LogP contribution in [0.15, 0.2) is 42.5 Å². The molecule has 9 heteroatoms. The lowest BCUT2D eigenvalue weighted by atomic mass is 9.95. The van der Waals surface area contributed by atoms with Crippen molar-refractivity contribution in [2.75, 3.05) is 17.2 Å². The zero-order chi connectivity index (χ0) is 26.5. The van der Waals surface area contributed by atoms with Gasteiger partial charge in [0.05, 0.1) is 12.2 Å². The second-order valence-electron chi connectivity index (χ2n) is 8.83. The van der Waals surface area contributed by atoms with Gasteiger partial charge in [-0.1, -0.05) is 17.7 Å². The van der Waals surface area contributed by atoms with Crippen molar-refractivity contribution >= 4 is 51.4 Å². The van der Waals surface area contributed by atoms with Crippen molar-refractivity contribution in [2.24, 2.45) is 0 Å². The third kappa shape index (κ3) is 6.32. The Balaban J connectivity index is 1.41. The zero-order valence-corrected chi connectivity index (χ0v) is 22.6. The van der Waals surface area contributed by atoms with Gasteiger partial charge in [-0.15, -0.1) is 11.3 Å². The summed E-state index contributed by atoms with van der Waals surface area (Å²) in [6.45, 7) is 5.56. The summed E-state index contributed by atoms with van der Waals surface area (Å²) in [5, 5.41) is 6.77. The first-order valence-electron chi connectivity index (χ1n) is 12.2. The maximum atomic E-state index is 13.0. The third-order valence-electron chi connectivity index (χ3n) is 6.12. The van der Waals surface area contributed by atoms with Gasteiger partial charge in [0, 0.05) is 21.2 Å². The first-order chi connectivity index (χ1) is 17.8. The number of benzene rings is 2. The van der Waals surface area contributed by atoms with Gasteiger partial charge in [-0.25, -0.2) is 4.79 Å². The van der Waals surface area contributed by atoms with Gasteiger partial charge in [-0.2, -0.15) is 0 Å². The number of ether oxygens (including phenoxy) is 2. The first kappa shape index (κ1) is 26.7. The summed E-state index contributed by atoms with van der Waals surface area (Å²) in [6, 6.07) is 11.8. The summed E-state index contributed by atoms with van der Waals surface area (Å²) in [5.41, 5.74) is 3.38. The van der Waals surface area contributed by atoms with E-state index in [2.05, 4.69) is 10.6 Å². The SMILES string of the molecule is CCOC(=O)c1c(NC(=O)c2ccc(OC(C)C(=O)Nc3ccc(C)c(Cl)c3)cc2)sc2c1CCCC2. The molecule has 1 heterocycles. The molecule has 2 amide bonds. The van der Waals surface area contributed by atoms with Crippen LogP contribution in [0.5, 0.6) is 5.75 Å². The van der Waals surface area contributed by atoms with Crippen molar-refractivity contribution in [1.29, 1.82) is 0 Å². The number of carbonyl (C=O) groups is 3. The predicted octanol–water partition coefficient (Wildman–Crippen LogP) is 6.42. The number of esters is 1. The Bertz CT molecular complexity index is 1320. The lowest BCUT2D eigenvalue weighted by molar-refractivity contribution is -0.122. The van der Waals surface area contributed by atoms with Gasteiger partial charge in [0.2, 0.25) is 0 Å². The summed E-state index contributed by atoms with van der Waals surface area (Å²) < 4.78 is 11.0. The minimum Gasteiger partial charge on any atom is -0.481 e. The fourth-order valence-corrected chi connectivity index (χ4v) is 5.56. The molecule has 0 fully saturated rings. The van der Waals surface area contributed by atoms with Gasteiger partial charge >= 0.3 is 5.97 Å². The Morgan fingerprint density at radius 2 is 1.78 bits per heavy atom. The second kappa shape index (κ2) is 11.8. The standard InChI is InChI=1S/C28H29ClN2O5S/c1-4-35-28(34)24-21-7-5-6-8-23(21)37-27(24)31-26(33)18-10-13-20(14-11-18)36-17(3)25(32)30-19-12-9-16(2)22(29)15-19/h9-15,17H,4-8H2,1-3H3,(H,30,32)(H,31,33). The molecule has 0 aliphatic heterocycles. The number of anilines is 2. The quantitative estimate of drug-likeness (QED) is 0.321. The van der Waals surface area contributed by atoms with Crippen LogP contribution in [0.4, 0.5) is 10.7 Å². The lowest BCUT2D eigenvalue weighted by Crippen LogP contribution is -2.30. The summed E-state index contributed by atoms with van der Waals surface area (Å²) in [7, 11) is 0. The normalized spacial score (nSPS) is 13.3. The Labute approximate surface area is 225 Å². The van der Waals surface area contributed by atoms with Crippen LogP contribution < -0.4 is 15.4 Å². The first-order valence-corrected chi connectivity index (χ1v) is 13.4. The minimum atomic E-state index is -0.774. The number of nitrogens with one attached hydrogen (secondary N) is 2. The summed E-state index contributed by atoms with van der Waals surface area (Å²) in [6.07, 6.45) is 3.02. The Morgan fingerprint density at radius 1 is 1.05 bits per heavy atom. The number of rotatable bonds is 8. The molecule has 0 spiro atoms. The summed E-state index contributed by atoms with van der Waals surface area (Å²) in [5.74, 6) is -0.617. The highest BCUT2D eigenvalue weighted by molar-refractivity contribution is 7.17. The van der Waals surface area contributed by atoms with Gasteiger partial charge in [-0.05, 0) is 94.0 Å². The molecule has 0 saturated heterocycles. The van der Waals surface area contributed by atoms with E-state index in [0.717, 1.165) is 41.7 Å². The smallest absolute Gasteiger partial charge is 0.341 e. The molecule has 194 valence electrons. The average molecular weight is 541 g/mol. The van der Waals surface area contributed by atoms with Crippen LogP contribution in [0.3, 0.4) is 0 Å². The van der Waals surface area contributed by atoms with E-state index in [9.17, 15) is 14.4 Å². The van der Waals surface area contributed by atoms with Crippen molar-refractivity contribution in [3.8, 4) is 5.75 Å². The van der Waals surface area contributed by atoms with E-state index in [1.54, 1.807) is 50.2 Å². The van der Waals surface area contributed by atoms with Gasteiger partial charge in [-0.3, -0.25) is 9.59 Å². The van der Waals surface area contributed by atoms with Crippen LogP contribution in [0.25, 0.3) is 0 Å². The highest BCUT2D eigenvalue weighted by Gasteiger charge is 2.27. The number of fused-ring (bicyclic) bond motifs is 1. The van der Waals surface area contributed by atoms with Gasteiger partial charge in [0.25, 0.3) is 11.8 Å². The van der Waals surface area contributed by atoms with Crippen molar-refractivity contribution in [3.05, 3.63) is 74.6 Å². The average Bonchev–Trinajstić information content (AvgIpc) is 3.24. The summed E-state index contributed by atoms with van der Waals surface area (Å²) in [4.78, 5) is 39.3. The molecular formula is C28H29ClN2O5S. The molecule has 1 aliphatic carbocycles. The van der Waals surface area contributed by atoms with Gasteiger partial charge in [0.15, 0.2) is 6.10 Å². The third-order valence-corrected chi connectivity index (χ3v) is 7.73. The molecule has 1 aromatic heterocycles. The molecule has 2 N–H and O–H groups in total. The van der Waals surface area contributed by atoms with E-state index in [0.29, 0.717) is 32.6 Å². The Morgan fingerprint density at radius 3 is 2.49 bits per heavy atom. The lowest BCUT2D eigenvalue weighted by Gasteiger charge is -2.15. The van der Waals surface area contributed by atoms with Crippen molar-refractivity contribution < 1.29 is 23.9 Å². The van der Waals surface area contributed by atoms with E-state index in [-0.39, 0.29) is 18.4 Å². The number of aryl methyl sites for hydroxylation is 2. The molecule has 1 aliphatic rings. The fraction of sp³-hybridized carbons (Fsp3) is 0.321. The van der Waals surface area contributed by atoms with Crippen LogP contribution in [0, 0.1) is 6.92 Å². The molecule has 0 bridgehead atoms. The zero-order valence-electron chi connectivity index (χ0n) is 21.0. The van der Waals surface area contributed by atoms with E-state index in [1.165, 1.54) is 11.3 Å². The van der Waals surface area contributed by atoms with E-state index >= 15 is 0 Å². The van der Waals surface area contributed by atoms with Crippen LogP contribution in [-0.4, -0.2) is 30.5 Å². The molecule has 4 rings (SSSR count). The van der Waals surface area contributed by atoms with Crippen LogP contribution >= 0.6 is 22.9 Å². The molecule has 37 heavy (non-hydrogen) atoms. The minimum absolute atomic E-state index is 0.271. The van der Waals surface area contributed by atoms with Crippen LogP contribution in [0.2, 0.25) is 5.02 Å². The van der Waals surface area contributed by atoms with Crippen LogP contribution in [0.1, 0.15) is 63.4 Å². The van der Waals surface area contributed by atoms with Gasteiger partial charge < -0.3 is 20.1 Å². The van der Waals surface area contributed by atoms with Gasteiger partial charge in [0.1, 0.15) is 10.8 Å². The molecule has 2 aromatic carbocycles. The largest absolute Gasteiger partial charge is 0.481 e. The van der Waals surface area contributed by atoms with E-state index in [4.69, 9.17) is 21.1 Å². The van der Waals surface area contributed by atoms with Crippen molar-refractivity contribution in [1.82, 2.24) is 0 Å². The molecule has 1 atom stereocenters. The molecule has 3 aromatic rings. The van der Waals surface area contributed by atoms with E-state index < -0.39 is 12.1 Å². The highest BCUT2D eigenvalue weighted by atomic mass is 35.5. The second-order valence-corrected chi connectivity index (χ2v) is 10.3. The number of amides is 2. The number of carbonyl (C=O) groups excluding carboxylic acids is 3. The Kier molecular flexibility index (Phi) is 8.51. The predicted molar refractivity (Wildman–Crippen MR) is 146 cm³/mol. The molecule has 7 nitrogen and oxygen atoms in total. The maximum absolute atomic E-state index is 13.0. The summed E-state index contributed by atoms with van der Waals surface area (Å²) >= 11 is 7.57. The maximum Gasteiger partial charge on any atom is 0.341 e. The molecule has 1 unspecified atom stereocenters. The highest BCUT2D eigenvalue weighted by Crippen LogP contribution is 2.39. The topological polar surface area (TPSA) is 93.7 Å².